The first kappa shape index (κ1) is 11.2. The van der Waals surface area contributed by atoms with Crippen molar-refractivity contribution in [3.63, 3.8) is 0 Å². The number of carbonyl (C=O) groups is 1. The lowest BCUT2D eigenvalue weighted by Gasteiger charge is -2.25. The van der Waals surface area contributed by atoms with E-state index in [4.69, 9.17) is 0 Å². The monoisotopic (exact) mass is 197 g/mol. The van der Waals surface area contributed by atoms with E-state index < -0.39 is 0 Å². The molecule has 0 aromatic heterocycles. The van der Waals surface area contributed by atoms with Gasteiger partial charge in [0.2, 0.25) is 5.91 Å². The summed E-state index contributed by atoms with van der Waals surface area (Å²) in [6.07, 6.45) is 6.97. The molecule has 0 saturated heterocycles. The standard InChI is InChI=1S/C11H19NO2/c1-2-3-11(14)12-8-9-4-6-10(13)7-5-9/h2-3,9-10,13H,4-8H2,1H3,(H,12,14)/b3-2+. The minimum absolute atomic E-state index is 0.0152. The van der Waals surface area contributed by atoms with E-state index in [1.807, 2.05) is 6.92 Å². The summed E-state index contributed by atoms with van der Waals surface area (Å²) in [6, 6.07) is 0. The number of hydrogen-bond acceptors (Lipinski definition) is 2. The maximum absolute atomic E-state index is 11.1. The molecule has 0 radical (unpaired) electrons. The van der Waals surface area contributed by atoms with Gasteiger partial charge in [-0.1, -0.05) is 6.08 Å². The average molecular weight is 197 g/mol. The summed E-state index contributed by atoms with van der Waals surface area (Å²) in [4.78, 5) is 11.1. The largest absolute Gasteiger partial charge is 0.393 e. The van der Waals surface area contributed by atoms with Crippen LogP contribution < -0.4 is 5.32 Å². The normalized spacial score (nSPS) is 27.9. The van der Waals surface area contributed by atoms with Crippen molar-refractivity contribution in [1.29, 1.82) is 0 Å². The Bertz CT molecular complexity index is 205. The van der Waals surface area contributed by atoms with Crippen LogP contribution in [0.1, 0.15) is 32.6 Å². The van der Waals surface area contributed by atoms with Crippen LogP contribution in [0.3, 0.4) is 0 Å². The highest BCUT2D eigenvalue weighted by molar-refractivity contribution is 5.87. The van der Waals surface area contributed by atoms with Gasteiger partial charge in [-0.05, 0) is 44.6 Å². The van der Waals surface area contributed by atoms with Crippen LogP contribution in [0.15, 0.2) is 12.2 Å². The molecule has 0 atom stereocenters. The van der Waals surface area contributed by atoms with Gasteiger partial charge in [0.15, 0.2) is 0 Å². The van der Waals surface area contributed by atoms with E-state index in [0.29, 0.717) is 5.92 Å². The average Bonchev–Trinajstić information content (AvgIpc) is 2.17. The number of aliphatic hydroxyl groups is 1. The van der Waals surface area contributed by atoms with Gasteiger partial charge in [0.05, 0.1) is 6.10 Å². The lowest BCUT2D eigenvalue weighted by atomic mass is 9.87. The lowest BCUT2D eigenvalue weighted by Crippen LogP contribution is -2.31. The molecule has 1 fully saturated rings. The van der Waals surface area contributed by atoms with E-state index >= 15 is 0 Å². The molecule has 1 saturated carbocycles. The number of allylic oxidation sites excluding steroid dienone is 1. The topological polar surface area (TPSA) is 49.3 Å². The van der Waals surface area contributed by atoms with Crippen molar-refractivity contribution in [2.24, 2.45) is 5.92 Å². The van der Waals surface area contributed by atoms with Crippen molar-refractivity contribution >= 4 is 5.91 Å². The molecule has 0 unspecified atom stereocenters. The third kappa shape index (κ3) is 3.92. The van der Waals surface area contributed by atoms with E-state index in [1.54, 1.807) is 6.08 Å². The fourth-order valence-corrected chi connectivity index (χ4v) is 1.80. The molecule has 0 aromatic carbocycles. The molecule has 1 rings (SSSR count). The van der Waals surface area contributed by atoms with Gasteiger partial charge >= 0.3 is 0 Å². The van der Waals surface area contributed by atoms with E-state index in [9.17, 15) is 9.90 Å². The van der Waals surface area contributed by atoms with Crippen molar-refractivity contribution < 1.29 is 9.90 Å². The molecule has 0 aliphatic heterocycles. The summed E-state index contributed by atoms with van der Waals surface area (Å²) in [7, 11) is 0. The number of nitrogens with one attached hydrogen (secondary N) is 1. The summed E-state index contributed by atoms with van der Waals surface area (Å²) < 4.78 is 0. The van der Waals surface area contributed by atoms with Gasteiger partial charge in [-0.3, -0.25) is 4.79 Å². The maximum atomic E-state index is 11.1. The van der Waals surface area contributed by atoms with Crippen LogP contribution in [0, 0.1) is 5.92 Å². The van der Waals surface area contributed by atoms with Crippen molar-refractivity contribution in [2.75, 3.05) is 6.54 Å². The zero-order chi connectivity index (χ0) is 10.4. The predicted molar refractivity (Wildman–Crippen MR) is 55.8 cm³/mol. The van der Waals surface area contributed by atoms with Crippen LogP contribution in [-0.2, 0) is 4.79 Å². The number of rotatable bonds is 3. The molecule has 0 bridgehead atoms. The second-order valence-corrected chi connectivity index (χ2v) is 3.92. The molecule has 1 aliphatic rings. The Balaban J connectivity index is 2.16. The van der Waals surface area contributed by atoms with Crippen LogP contribution in [0.25, 0.3) is 0 Å². The fraction of sp³-hybridized carbons (Fsp3) is 0.727. The third-order valence-electron chi connectivity index (χ3n) is 2.70. The number of aliphatic hydroxyl groups excluding tert-OH is 1. The van der Waals surface area contributed by atoms with Crippen molar-refractivity contribution in [2.45, 2.75) is 38.7 Å². The molecular weight excluding hydrogens is 178 g/mol. The van der Waals surface area contributed by atoms with Crippen molar-refractivity contribution in [1.82, 2.24) is 5.32 Å². The molecule has 80 valence electrons. The maximum Gasteiger partial charge on any atom is 0.243 e. The SMILES string of the molecule is C/C=C/C(=O)NCC1CCC(O)CC1. The zero-order valence-corrected chi connectivity index (χ0v) is 8.70. The summed E-state index contributed by atoms with van der Waals surface area (Å²) in [6.45, 7) is 2.58. The molecule has 3 heteroatoms. The van der Waals surface area contributed by atoms with Gasteiger partial charge in [-0.2, -0.15) is 0 Å². The summed E-state index contributed by atoms with van der Waals surface area (Å²) in [5, 5.41) is 12.2. The zero-order valence-electron chi connectivity index (χ0n) is 8.70. The van der Waals surface area contributed by atoms with Gasteiger partial charge in [0.1, 0.15) is 0 Å². The van der Waals surface area contributed by atoms with E-state index in [0.717, 1.165) is 32.2 Å². The first-order valence-corrected chi connectivity index (χ1v) is 5.31. The Hall–Kier alpha value is -0.830. The summed E-state index contributed by atoms with van der Waals surface area (Å²) >= 11 is 0. The Labute approximate surface area is 85.2 Å². The van der Waals surface area contributed by atoms with Crippen LogP contribution in [0.5, 0.6) is 0 Å². The van der Waals surface area contributed by atoms with Crippen LogP contribution in [0.4, 0.5) is 0 Å². The summed E-state index contributed by atoms with van der Waals surface area (Å²) in [5.74, 6) is 0.534. The molecule has 14 heavy (non-hydrogen) atoms. The smallest absolute Gasteiger partial charge is 0.243 e. The van der Waals surface area contributed by atoms with Crippen molar-refractivity contribution in [3.05, 3.63) is 12.2 Å². The number of carbonyl (C=O) groups excluding carboxylic acids is 1. The second kappa shape index (κ2) is 5.81. The Kier molecular flexibility index (Phi) is 4.66. The first-order valence-electron chi connectivity index (χ1n) is 5.31. The van der Waals surface area contributed by atoms with E-state index in [-0.39, 0.29) is 12.0 Å². The first-order chi connectivity index (χ1) is 6.72. The van der Waals surface area contributed by atoms with Gasteiger partial charge in [-0.25, -0.2) is 0 Å². The molecule has 0 aromatic rings. The Morgan fingerprint density at radius 2 is 2.07 bits per heavy atom. The third-order valence-corrected chi connectivity index (χ3v) is 2.70. The minimum atomic E-state index is -0.113. The molecule has 0 heterocycles. The minimum Gasteiger partial charge on any atom is -0.393 e. The molecule has 0 spiro atoms. The highest BCUT2D eigenvalue weighted by Crippen LogP contribution is 2.23. The second-order valence-electron chi connectivity index (χ2n) is 3.92. The molecule has 3 nitrogen and oxygen atoms in total. The van der Waals surface area contributed by atoms with Crippen LogP contribution >= 0.6 is 0 Å². The van der Waals surface area contributed by atoms with Crippen LogP contribution in [0.2, 0.25) is 0 Å². The van der Waals surface area contributed by atoms with Gasteiger partial charge in [0, 0.05) is 6.54 Å². The van der Waals surface area contributed by atoms with E-state index in [1.165, 1.54) is 6.08 Å². The predicted octanol–water partition coefficient (Wildman–Crippen LogP) is 1.23. The van der Waals surface area contributed by atoms with Gasteiger partial charge < -0.3 is 10.4 Å². The van der Waals surface area contributed by atoms with Gasteiger partial charge in [-0.15, -0.1) is 0 Å². The molecule has 1 aliphatic carbocycles. The quantitative estimate of drug-likeness (QED) is 0.668. The number of hydrogen-bond donors (Lipinski definition) is 2. The number of amides is 1. The van der Waals surface area contributed by atoms with E-state index in [2.05, 4.69) is 5.32 Å². The molecule has 2 N–H and O–H groups in total. The van der Waals surface area contributed by atoms with Gasteiger partial charge in [0.25, 0.3) is 0 Å². The summed E-state index contributed by atoms with van der Waals surface area (Å²) in [5.41, 5.74) is 0. The Morgan fingerprint density at radius 1 is 1.43 bits per heavy atom. The Morgan fingerprint density at radius 3 is 2.64 bits per heavy atom. The molecule has 1 amide bonds. The van der Waals surface area contributed by atoms with Crippen molar-refractivity contribution in [3.8, 4) is 0 Å². The lowest BCUT2D eigenvalue weighted by molar-refractivity contribution is -0.116. The highest BCUT2D eigenvalue weighted by atomic mass is 16.3. The van der Waals surface area contributed by atoms with Crippen LogP contribution in [-0.4, -0.2) is 23.7 Å². The fourth-order valence-electron chi connectivity index (χ4n) is 1.80. The highest BCUT2D eigenvalue weighted by Gasteiger charge is 2.19. The molecular formula is C11H19NO2.